The second-order valence-electron chi connectivity index (χ2n) is 4.32. The van der Waals surface area contributed by atoms with E-state index in [1.54, 1.807) is 6.07 Å². The van der Waals surface area contributed by atoms with Crippen molar-refractivity contribution in [2.24, 2.45) is 10.7 Å². The number of quaternary nitrogens is 1. The Hall–Kier alpha value is -1.50. The first-order chi connectivity index (χ1) is 8.92. The fourth-order valence-corrected chi connectivity index (χ4v) is 2.33. The highest BCUT2D eigenvalue weighted by atomic mass is 35.5. The number of carbonyl (C=O) groups excluding carboxylic acids is 1. The van der Waals surface area contributed by atoms with Gasteiger partial charge in [-0.2, -0.15) is 9.74 Å². The highest BCUT2D eigenvalue weighted by molar-refractivity contribution is 6.21. The van der Waals surface area contributed by atoms with E-state index in [0.717, 1.165) is 0 Å². The van der Waals surface area contributed by atoms with Crippen molar-refractivity contribution in [1.29, 1.82) is 5.26 Å². The van der Waals surface area contributed by atoms with Gasteiger partial charge in [-0.25, -0.2) is 4.79 Å². The van der Waals surface area contributed by atoms with E-state index in [-0.39, 0.29) is 12.6 Å². The normalized spacial score (nSPS) is 42.0. The zero-order valence-electron chi connectivity index (χ0n) is 9.73. The third-order valence-electron chi connectivity index (χ3n) is 3.23. The van der Waals surface area contributed by atoms with Crippen LogP contribution in [0, 0.1) is 11.3 Å². The molecule has 0 aromatic rings. The van der Waals surface area contributed by atoms with Gasteiger partial charge in [0.2, 0.25) is 11.1 Å². The van der Waals surface area contributed by atoms with E-state index in [1.165, 1.54) is 12.3 Å². The Labute approximate surface area is 113 Å². The first-order valence-electron chi connectivity index (χ1n) is 5.35. The number of alkyl halides is 1. The van der Waals surface area contributed by atoms with Crippen molar-refractivity contribution in [3.05, 3.63) is 12.3 Å². The minimum atomic E-state index is -1.85. The number of halogens is 1. The van der Waals surface area contributed by atoms with Crippen LogP contribution in [0.15, 0.2) is 17.3 Å². The number of rotatable bonds is 1. The number of aliphatic hydroxyl groups is 2. The quantitative estimate of drug-likeness (QED) is 0.321. The number of hydrogen-bond donors (Lipinski definition) is 3. The molecule has 2 unspecified atom stereocenters. The Morgan fingerprint density at radius 1 is 1.79 bits per heavy atom. The molecule has 1 fully saturated rings. The maximum absolute atomic E-state index is 12.0. The lowest BCUT2D eigenvalue weighted by Crippen LogP contribution is -2.70. The number of aliphatic imine (C=N–C) groups is 1. The van der Waals surface area contributed by atoms with Crippen LogP contribution in [0.2, 0.25) is 0 Å². The second-order valence-corrected chi connectivity index (χ2v) is 4.76. The van der Waals surface area contributed by atoms with Crippen LogP contribution in [-0.4, -0.2) is 57.1 Å². The summed E-state index contributed by atoms with van der Waals surface area (Å²) in [6.45, 7) is -1.07. The van der Waals surface area contributed by atoms with Gasteiger partial charge in [0.25, 0.3) is 0 Å². The van der Waals surface area contributed by atoms with E-state index in [4.69, 9.17) is 27.3 Å². The van der Waals surface area contributed by atoms with Crippen molar-refractivity contribution in [3.63, 3.8) is 0 Å². The monoisotopic (exact) mass is 287 g/mol. The van der Waals surface area contributed by atoms with Crippen molar-refractivity contribution in [3.8, 4) is 6.07 Å². The molecule has 9 heteroatoms. The third-order valence-corrected chi connectivity index (χ3v) is 3.82. The molecule has 1 saturated heterocycles. The van der Waals surface area contributed by atoms with Crippen molar-refractivity contribution in [2.45, 2.75) is 17.2 Å². The Balaban J connectivity index is 2.38. The van der Waals surface area contributed by atoms with Gasteiger partial charge >= 0.3 is 6.03 Å². The summed E-state index contributed by atoms with van der Waals surface area (Å²) in [5.74, 6) is 0.0198. The third kappa shape index (κ3) is 1.83. The zero-order chi connectivity index (χ0) is 14.3. The van der Waals surface area contributed by atoms with E-state index in [1.807, 2.05) is 0 Å². The largest absolute Gasteiger partial charge is 0.452 e. The summed E-state index contributed by atoms with van der Waals surface area (Å²) >= 11 is 6.08. The number of amides is 2. The summed E-state index contributed by atoms with van der Waals surface area (Å²) in [7, 11) is 0. The molecule has 0 bridgehead atoms. The molecule has 0 saturated carbocycles. The summed E-state index contributed by atoms with van der Waals surface area (Å²) in [6.07, 6.45) is 1.15. The van der Waals surface area contributed by atoms with Gasteiger partial charge in [-0.1, -0.05) is 11.6 Å². The summed E-state index contributed by atoms with van der Waals surface area (Å²) < 4.78 is 4.57. The second kappa shape index (κ2) is 4.56. The maximum atomic E-state index is 12.0. The van der Waals surface area contributed by atoms with Gasteiger partial charge in [-0.15, -0.1) is 4.99 Å². The molecular weight excluding hydrogens is 276 g/mol. The number of hydrogen-bond acceptors (Lipinski definition) is 6. The topological polar surface area (TPSA) is 129 Å². The fourth-order valence-electron chi connectivity index (χ4n) is 1.93. The molecule has 0 aromatic heterocycles. The van der Waals surface area contributed by atoms with Crippen molar-refractivity contribution in [1.82, 2.24) is 0 Å². The number of nitrogens with zero attached hydrogens (tertiary/aromatic N) is 3. The summed E-state index contributed by atoms with van der Waals surface area (Å²) in [6, 6.07) is 0.975. The molecule has 4 N–H and O–H groups in total. The molecule has 0 aromatic carbocycles. The van der Waals surface area contributed by atoms with Crippen LogP contribution in [0.3, 0.4) is 0 Å². The summed E-state index contributed by atoms with van der Waals surface area (Å²) in [5.41, 5.74) is 2.32. The number of nitrogens with two attached hydrogens (primary N) is 1. The Kier molecular flexibility index (Phi) is 3.34. The van der Waals surface area contributed by atoms with Crippen LogP contribution >= 0.6 is 11.6 Å². The molecule has 2 amide bonds. The van der Waals surface area contributed by atoms with Gasteiger partial charge in [0.1, 0.15) is 18.1 Å². The zero-order valence-corrected chi connectivity index (χ0v) is 10.5. The number of amidine groups is 1. The molecule has 19 heavy (non-hydrogen) atoms. The number of carbonyl (C=O) groups is 1. The minimum Gasteiger partial charge on any atom is -0.392 e. The minimum absolute atomic E-state index is 0.0198. The molecule has 2 heterocycles. The lowest BCUT2D eigenvalue weighted by atomic mass is 9.96. The van der Waals surface area contributed by atoms with Crippen molar-refractivity contribution < 1.29 is 24.2 Å². The van der Waals surface area contributed by atoms with Gasteiger partial charge in [-0.3, -0.25) is 0 Å². The van der Waals surface area contributed by atoms with E-state index in [2.05, 4.69) is 4.99 Å². The Morgan fingerprint density at radius 3 is 3.00 bits per heavy atom. The standard InChI is InChI=1S/C10H11ClN4O4/c11-8-7(17)10(3-12,4-16)19-5-15(8)2-1-6(13)14-9(15)18/h1-2,7-8,16-17H,4-5H2,(H-,13,14,18)/p+1/t7-,8?,10+,15?/m0/s1. The summed E-state index contributed by atoms with van der Waals surface area (Å²) in [5, 5.41) is 28.3. The van der Waals surface area contributed by atoms with E-state index in [0.29, 0.717) is 0 Å². The predicted molar refractivity (Wildman–Crippen MR) is 63.4 cm³/mol. The fraction of sp³-hybridized carbons (Fsp3) is 0.500. The predicted octanol–water partition coefficient (Wildman–Crippen LogP) is -1.02. The summed E-state index contributed by atoms with van der Waals surface area (Å²) in [4.78, 5) is 15.5. The lowest BCUT2D eigenvalue weighted by molar-refractivity contribution is -0.852. The molecule has 1 spiro atoms. The number of ether oxygens (including phenoxy) is 1. The molecule has 102 valence electrons. The van der Waals surface area contributed by atoms with Crippen LogP contribution in [-0.2, 0) is 4.74 Å². The van der Waals surface area contributed by atoms with E-state index >= 15 is 0 Å². The Morgan fingerprint density at radius 2 is 2.47 bits per heavy atom. The molecule has 2 aliphatic rings. The van der Waals surface area contributed by atoms with Crippen LogP contribution in [0.25, 0.3) is 0 Å². The SMILES string of the molecule is N#C[C@]1(CO)OC[N+]2(C=CC(N)=NC2=O)C(Cl)[C@@H]1O. The number of nitriles is 1. The van der Waals surface area contributed by atoms with Crippen LogP contribution in [0.1, 0.15) is 0 Å². The van der Waals surface area contributed by atoms with Crippen molar-refractivity contribution in [2.75, 3.05) is 13.3 Å². The number of urea groups is 1. The maximum Gasteiger partial charge on any atom is 0.452 e. The molecule has 0 radical (unpaired) electrons. The van der Waals surface area contributed by atoms with E-state index < -0.39 is 34.3 Å². The van der Waals surface area contributed by atoms with Gasteiger partial charge < -0.3 is 20.7 Å². The molecule has 2 aliphatic heterocycles. The highest BCUT2D eigenvalue weighted by Crippen LogP contribution is 2.36. The molecular formula is C10H12ClN4O4+. The molecule has 0 aliphatic carbocycles. The van der Waals surface area contributed by atoms with Gasteiger partial charge in [0, 0.05) is 6.08 Å². The highest BCUT2D eigenvalue weighted by Gasteiger charge is 2.60. The van der Waals surface area contributed by atoms with Crippen LogP contribution in [0.4, 0.5) is 4.79 Å². The first-order valence-corrected chi connectivity index (χ1v) is 5.79. The van der Waals surface area contributed by atoms with Gasteiger partial charge in [-0.05, 0) is 0 Å². The first kappa shape index (κ1) is 13.9. The number of aliphatic hydroxyl groups excluding tert-OH is 2. The Bertz CT molecular complexity index is 516. The molecule has 2 rings (SSSR count). The van der Waals surface area contributed by atoms with Crippen molar-refractivity contribution >= 4 is 23.5 Å². The van der Waals surface area contributed by atoms with E-state index in [9.17, 15) is 15.0 Å². The average Bonchev–Trinajstić information content (AvgIpc) is 2.40. The van der Waals surface area contributed by atoms with Crippen LogP contribution < -0.4 is 5.73 Å². The van der Waals surface area contributed by atoms with Gasteiger partial charge in [0.05, 0.1) is 6.61 Å². The molecule has 4 atom stereocenters. The van der Waals surface area contributed by atoms with Crippen LogP contribution in [0.5, 0.6) is 0 Å². The van der Waals surface area contributed by atoms with Gasteiger partial charge in [0.15, 0.2) is 12.8 Å². The lowest BCUT2D eigenvalue weighted by Gasteiger charge is -2.46. The smallest absolute Gasteiger partial charge is 0.392 e. The average molecular weight is 288 g/mol. The molecule has 8 nitrogen and oxygen atoms in total.